The van der Waals surface area contributed by atoms with E-state index >= 15 is 0 Å². The number of fused-ring (bicyclic) bond motifs is 2. The van der Waals surface area contributed by atoms with Crippen LogP contribution >= 0.6 is 0 Å². The van der Waals surface area contributed by atoms with Crippen molar-refractivity contribution in [2.45, 2.75) is 65.3 Å². The van der Waals surface area contributed by atoms with Gasteiger partial charge in [0.05, 0.1) is 0 Å². The second kappa shape index (κ2) is 5.52. The summed E-state index contributed by atoms with van der Waals surface area (Å²) in [5.74, 6) is 2.97. The van der Waals surface area contributed by atoms with Crippen LogP contribution in [0.2, 0.25) is 0 Å². The highest BCUT2D eigenvalue weighted by Crippen LogP contribution is 2.49. The van der Waals surface area contributed by atoms with E-state index in [9.17, 15) is 0 Å². The smallest absolute Gasteiger partial charge is 0.00822 e. The molecule has 0 radical (unpaired) electrons. The van der Waals surface area contributed by atoms with Crippen molar-refractivity contribution in [3.8, 4) is 0 Å². The molecule has 0 aromatic heterocycles. The highest BCUT2D eigenvalue weighted by Gasteiger charge is 2.39. The molecular weight excluding hydrogens is 242 g/mol. The van der Waals surface area contributed by atoms with Crippen LogP contribution in [0.4, 0.5) is 0 Å². The Morgan fingerprint density at radius 1 is 1.10 bits per heavy atom. The molecule has 110 valence electrons. The van der Waals surface area contributed by atoms with Gasteiger partial charge >= 0.3 is 0 Å². The van der Waals surface area contributed by atoms with Crippen LogP contribution in [0, 0.1) is 38.5 Å². The highest BCUT2D eigenvalue weighted by atomic mass is 14.6. The van der Waals surface area contributed by atoms with E-state index in [2.05, 4.69) is 32.9 Å². The van der Waals surface area contributed by atoms with Gasteiger partial charge in [-0.1, -0.05) is 24.1 Å². The topological polar surface area (TPSA) is 26.0 Å². The Morgan fingerprint density at radius 2 is 1.80 bits per heavy atom. The molecule has 1 aromatic rings. The van der Waals surface area contributed by atoms with Gasteiger partial charge in [-0.05, 0) is 87.3 Å². The zero-order valence-corrected chi connectivity index (χ0v) is 13.3. The van der Waals surface area contributed by atoms with Crippen molar-refractivity contribution < 1.29 is 0 Å². The van der Waals surface area contributed by atoms with Crippen molar-refractivity contribution in [2.24, 2.45) is 23.5 Å². The number of rotatable bonds is 4. The zero-order valence-electron chi connectivity index (χ0n) is 13.3. The average Bonchev–Trinajstić information content (AvgIpc) is 2.95. The van der Waals surface area contributed by atoms with Crippen molar-refractivity contribution >= 4 is 0 Å². The van der Waals surface area contributed by atoms with E-state index in [1.165, 1.54) is 54.4 Å². The van der Waals surface area contributed by atoms with Crippen LogP contribution in [-0.4, -0.2) is 6.04 Å². The standard InChI is InChI=1S/C19H29N/c1-12-6-13(2)19(14(3)7-12)11-18(20)10-17-9-15-4-5-16(17)8-15/h6-7,15-18H,4-5,8-11,20H2,1-3H3. The van der Waals surface area contributed by atoms with Crippen LogP contribution in [0.1, 0.15) is 54.4 Å². The zero-order chi connectivity index (χ0) is 14.3. The Kier molecular flexibility index (Phi) is 3.90. The Bertz CT molecular complexity index is 468. The minimum absolute atomic E-state index is 0.347. The Hall–Kier alpha value is -0.820. The molecule has 0 spiro atoms. The molecule has 0 saturated heterocycles. The van der Waals surface area contributed by atoms with E-state index in [4.69, 9.17) is 5.73 Å². The summed E-state index contributed by atoms with van der Waals surface area (Å²) in [5.41, 5.74) is 12.2. The van der Waals surface area contributed by atoms with Crippen molar-refractivity contribution in [3.63, 3.8) is 0 Å². The number of benzene rings is 1. The van der Waals surface area contributed by atoms with Gasteiger partial charge < -0.3 is 5.73 Å². The first-order valence-electron chi connectivity index (χ1n) is 8.35. The van der Waals surface area contributed by atoms with Gasteiger partial charge in [-0.25, -0.2) is 0 Å². The monoisotopic (exact) mass is 271 g/mol. The molecule has 3 rings (SSSR count). The van der Waals surface area contributed by atoms with Gasteiger partial charge in [-0.2, -0.15) is 0 Å². The SMILES string of the molecule is Cc1cc(C)c(CC(N)CC2CC3CCC2C3)c(C)c1. The molecule has 0 aliphatic heterocycles. The fourth-order valence-corrected chi connectivity index (χ4v) is 4.93. The predicted molar refractivity (Wildman–Crippen MR) is 85.9 cm³/mol. The molecule has 4 unspecified atom stereocenters. The molecule has 1 aromatic carbocycles. The van der Waals surface area contributed by atoms with Gasteiger partial charge in [0.15, 0.2) is 0 Å². The molecule has 1 nitrogen and oxygen atoms in total. The van der Waals surface area contributed by atoms with Crippen molar-refractivity contribution in [1.82, 2.24) is 0 Å². The number of nitrogens with two attached hydrogens (primary N) is 1. The van der Waals surface area contributed by atoms with Crippen LogP contribution < -0.4 is 5.73 Å². The molecule has 4 atom stereocenters. The molecule has 2 saturated carbocycles. The van der Waals surface area contributed by atoms with Gasteiger partial charge in [-0.3, -0.25) is 0 Å². The molecule has 2 bridgehead atoms. The molecule has 0 amide bonds. The lowest BCUT2D eigenvalue weighted by Crippen LogP contribution is -2.28. The third kappa shape index (κ3) is 2.79. The third-order valence-electron chi connectivity index (χ3n) is 5.80. The minimum atomic E-state index is 0.347. The Labute approximate surface area is 124 Å². The van der Waals surface area contributed by atoms with E-state index in [1.54, 1.807) is 0 Å². The first kappa shape index (κ1) is 14.1. The maximum Gasteiger partial charge on any atom is 0.00822 e. The van der Waals surface area contributed by atoms with Crippen LogP contribution in [0.15, 0.2) is 12.1 Å². The second-order valence-electron chi connectivity index (χ2n) is 7.51. The molecule has 2 aliphatic carbocycles. The summed E-state index contributed by atoms with van der Waals surface area (Å²) in [6.07, 6.45) is 8.24. The normalized spacial score (nSPS) is 29.9. The summed E-state index contributed by atoms with van der Waals surface area (Å²) in [6, 6.07) is 4.94. The van der Waals surface area contributed by atoms with Crippen LogP contribution in [-0.2, 0) is 6.42 Å². The van der Waals surface area contributed by atoms with Crippen LogP contribution in [0.5, 0.6) is 0 Å². The van der Waals surface area contributed by atoms with Crippen molar-refractivity contribution in [2.75, 3.05) is 0 Å². The molecule has 0 heterocycles. The maximum atomic E-state index is 6.49. The van der Waals surface area contributed by atoms with Gasteiger partial charge in [0.25, 0.3) is 0 Å². The first-order valence-corrected chi connectivity index (χ1v) is 8.35. The van der Waals surface area contributed by atoms with Crippen LogP contribution in [0.3, 0.4) is 0 Å². The lowest BCUT2D eigenvalue weighted by Gasteiger charge is -2.25. The summed E-state index contributed by atoms with van der Waals surface area (Å²) in [4.78, 5) is 0. The number of hydrogen-bond donors (Lipinski definition) is 1. The lowest BCUT2D eigenvalue weighted by molar-refractivity contribution is 0.294. The quantitative estimate of drug-likeness (QED) is 0.867. The van der Waals surface area contributed by atoms with E-state index in [-0.39, 0.29) is 0 Å². The predicted octanol–water partition coefficient (Wildman–Crippen LogP) is 4.31. The van der Waals surface area contributed by atoms with Gasteiger partial charge in [-0.15, -0.1) is 0 Å². The fourth-order valence-electron chi connectivity index (χ4n) is 4.93. The Balaban J connectivity index is 1.63. The summed E-state index contributed by atoms with van der Waals surface area (Å²) < 4.78 is 0. The molecule has 2 fully saturated rings. The highest BCUT2D eigenvalue weighted by molar-refractivity contribution is 5.38. The minimum Gasteiger partial charge on any atom is -0.327 e. The lowest BCUT2D eigenvalue weighted by atomic mass is 9.82. The third-order valence-corrected chi connectivity index (χ3v) is 5.80. The van der Waals surface area contributed by atoms with Crippen molar-refractivity contribution in [1.29, 1.82) is 0 Å². The number of aryl methyl sites for hydroxylation is 3. The van der Waals surface area contributed by atoms with Gasteiger partial charge in [0.1, 0.15) is 0 Å². The van der Waals surface area contributed by atoms with Gasteiger partial charge in [0, 0.05) is 6.04 Å². The summed E-state index contributed by atoms with van der Waals surface area (Å²) in [6.45, 7) is 6.65. The summed E-state index contributed by atoms with van der Waals surface area (Å²) in [5, 5.41) is 0. The Morgan fingerprint density at radius 3 is 2.35 bits per heavy atom. The molecule has 2 aliphatic rings. The van der Waals surface area contributed by atoms with E-state index < -0.39 is 0 Å². The molecule has 2 N–H and O–H groups in total. The maximum absolute atomic E-state index is 6.49. The van der Waals surface area contributed by atoms with E-state index in [0.717, 1.165) is 24.2 Å². The first-order chi connectivity index (χ1) is 9.52. The van der Waals surface area contributed by atoms with Crippen LogP contribution in [0.25, 0.3) is 0 Å². The van der Waals surface area contributed by atoms with E-state index in [1.807, 2.05) is 0 Å². The number of hydrogen-bond acceptors (Lipinski definition) is 1. The summed E-state index contributed by atoms with van der Waals surface area (Å²) in [7, 11) is 0. The van der Waals surface area contributed by atoms with E-state index in [0.29, 0.717) is 6.04 Å². The second-order valence-corrected chi connectivity index (χ2v) is 7.51. The largest absolute Gasteiger partial charge is 0.327 e. The molecule has 20 heavy (non-hydrogen) atoms. The van der Waals surface area contributed by atoms with Gasteiger partial charge in [0.2, 0.25) is 0 Å². The molecule has 1 heteroatoms. The molecular formula is C19H29N. The average molecular weight is 271 g/mol. The van der Waals surface area contributed by atoms with Crippen molar-refractivity contribution in [3.05, 3.63) is 34.4 Å². The summed E-state index contributed by atoms with van der Waals surface area (Å²) >= 11 is 0. The fraction of sp³-hybridized carbons (Fsp3) is 0.684.